The van der Waals surface area contributed by atoms with Crippen LogP contribution in [0.1, 0.15) is 121 Å². The van der Waals surface area contributed by atoms with E-state index in [9.17, 15) is 13.6 Å². The standard InChI is InChI=1S/C34H48F2O4/c1-3-5-7-8-10-24-39-31-23-22-30(32(35)33(31)36)34(37)40-29-20-18-28(19-21-29)38-25-11-13-27-16-14-26(15-17-27)12-9-6-4-2/h18-23,26-27H,3-17,24-25H2,1-2H3/t26-,27-. The van der Waals surface area contributed by atoms with E-state index in [0.717, 1.165) is 50.4 Å². The molecule has 3 rings (SSSR count). The summed E-state index contributed by atoms with van der Waals surface area (Å²) in [6.45, 7) is 5.35. The molecular weight excluding hydrogens is 510 g/mol. The van der Waals surface area contributed by atoms with Gasteiger partial charge in [0.25, 0.3) is 0 Å². The summed E-state index contributed by atoms with van der Waals surface area (Å²) >= 11 is 0. The molecular formula is C34H48F2O4. The van der Waals surface area contributed by atoms with Crippen LogP contribution in [-0.2, 0) is 0 Å². The molecule has 0 aromatic heterocycles. The molecule has 4 nitrogen and oxygen atoms in total. The van der Waals surface area contributed by atoms with Crippen LogP contribution >= 0.6 is 0 Å². The number of unbranched alkanes of at least 4 members (excludes halogenated alkanes) is 6. The van der Waals surface area contributed by atoms with E-state index in [2.05, 4.69) is 13.8 Å². The van der Waals surface area contributed by atoms with Gasteiger partial charge in [0, 0.05) is 0 Å². The minimum Gasteiger partial charge on any atom is -0.494 e. The molecule has 222 valence electrons. The summed E-state index contributed by atoms with van der Waals surface area (Å²) in [5.41, 5.74) is -0.469. The quantitative estimate of drug-likeness (QED) is 0.104. The molecule has 0 radical (unpaired) electrons. The van der Waals surface area contributed by atoms with Gasteiger partial charge in [0.2, 0.25) is 5.82 Å². The van der Waals surface area contributed by atoms with Crippen molar-refractivity contribution >= 4 is 5.97 Å². The van der Waals surface area contributed by atoms with Crippen molar-refractivity contribution in [2.45, 2.75) is 110 Å². The third-order valence-electron chi connectivity index (χ3n) is 8.01. The Bertz CT molecular complexity index is 1000. The smallest absolute Gasteiger partial charge is 0.346 e. The van der Waals surface area contributed by atoms with Crippen LogP contribution in [0.25, 0.3) is 0 Å². The lowest BCUT2D eigenvalue weighted by Crippen LogP contribution is -2.15. The average Bonchev–Trinajstić information content (AvgIpc) is 2.97. The van der Waals surface area contributed by atoms with Crippen LogP contribution in [-0.4, -0.2) is 19.2 Å². The minimum atomic E-state index is -1.27. The van der Waals surface area contributed by atoms with Crippen molar-refractivity contribution in [2.24, 2.45) is 11.8 Å². The zero-order valence-electron chi connectivity index (χ0n) is 24.5. The van der Waals surface area contributed by atoms with Gasteiger partial charge in [-0.05, 0) is 67.5 Å². The van der Waals surface area contributed by atoms with E-state index in [1.54, 1.807) is 24.3 Å². The molecule has 0 heterocycles. The third-order valence-corrected chi connectivity index (χ3v) is 8.01. The van der Waals surface area contributed by atoms with Crippen molar-refractivity contribution < 1.29 is 27.8 Å². The Morgan fingerprint density at radius 3 is 1.93 bits per heavy atom. The Labute approximate surface area is 239 Å². The van der Waals surface area contributed by atoms with Gasteiger partial charge in [0.15, 0.2) is 11.6 Å². The highest BCUT2D eigenvalue weighted by molar-refractivity contribution is 5.91. The second kappa shape index (κ2) is 17.9. The van der Waals surface area contributed by atoms with E-state index in [1.807, 2.05) is 0 Å². The minimum absolute atomic E-state index is 0.193. The molecule has 6 heteroatoms. The fourth-order valence-corrected chi connectivity index (χ4v) is 5.51. The van der Waals surface area contributed by atoms with Crippen LogP contribution in [0.15, 0.2) is 36.4 Å². The van der Waals surface area contributed by atoms with Crippen LogP contribution < -0.4 is 14.2 Å². The molecule has 40 heavy (non-hydrogen) atoms. The van der Waals surface area contributed by atoms with Gasteiger partial charge in [-0.2, -0.15) is 4.39 Å². The molecule has 0 N–H and O–H groups in total. The maximum absolute atomic E-state index is 14.6. The monoisotopic (exact) mass is 558 g/mol. The first-order valence-corrected chi connectivity index (χ1v) is 15.6. The summed E-state index contributed by atoms with van der Waals surface area (Å²) in [4.78, 5) is 12.5. The van der Waals surface area contributed by atoms with Gasteiger partial charge < -0.3 is 14.2 Å². The maximum atomic E-state index is 14.6. The first-order valence-electron chi connectivity index (χ1n) is 15.6. The van der Waals surface area contributed by atoms with Crippen molar-refractivity contribution in [3.8, 4) is 17.2 Å². The van der Waals surface area contributed by atoms with E-state index >= 15 is 0 Å². The van der Waals surface area contributed by atoms with Crippen LogP contribution in [0.5, 0.6) is 17.2 Å². The van der Waals surface area contributed by atoms with E-state index in [-0.39, 0.29) is 11.5 Å². The molecule has 1 aliphatic carbocycles. The molecule has 1 saturated carbocycles. The summed E-state index contributed by atoms with van der Waals surface area (Å²) in [7, 11) is 0. The number of rotatable bonds is 18. The van der Waals surface area contributed by atoms with Gasteiger partial charge in [-0.15, -0.1) is 0 Å². The highest BCUT2D eigenvalue weighted by atomic mass is 19.2. The molecule has 2 aromatic rings. The van der Waals surface area contributed by atoms with Gasteiger partial charge in [-0.1, -0.05) is 90.9 Å². The number of esters is 1. The molecule has 0 aliphatic heterocycles. The van der Waals surface area contributed by atoms with Gasteiger partial charge in [-0.25, -0.2) is 9.18 Å². The van der Waals surface area contributed by atoms with Crippen LogP contribution in [0.4, 0.5) is 8.78 Å². The lowest BCUT2D eigenvalue weighted by molar-refractivity contribution is 0.0728. The molecule has 0 bridgehead atoms. The van der Waals surface area contributed by atoms with E-state index in [4.69, 9.17) is 14.2 Å². The number of halogens is 2. The number of carbonyl (C=O) groups excluding carboxylic acids is 1. The van der Waals surface area contributed by atoms with Gasteiger partial charge in [-0.3, -0.25) is 0 Å². The number of ether oxygens (including phenoxy) is 3. The second-order valence-corrected chi connectivity index (χ2v) is 11.2. The molecule has 1 fully saturated rings. The molecule has 0 saturated heterocycles. The van der Waals surface area contributed by atoms with Crippen LogP contribution in [0.2, 0.25) is 0 Å². The molecule has 1 aliphatic rings. The van der Waals surface area contributed by atoms with Crippen molar-refractivity contribution in [1.82, 2.24) is 0 Å². The number of hydrogen-bond acceptors (Lipinski definition) is 4. The summed E-state index contributed by atoms with van der Waals surface area (Å²) < 4.78 is 45.5. The average molecular weight is 559 g/mol. The molecule has 0 atom stereocenters. The van der Waals surface area contributed by atoms with E-state index in [0.29, 0.717) is 19.0 Å². The number of carbonyl (C=O) groups is 1. The normalized spacial score (nSPS) is 17.0. The predicted molar refractivity (Wildman–Crippen MR) is 156 cm³/mol. The maximum Gasteiger partial charge on any atom is 0.346 e. The zero-order chi connectivity index (χ0) is 28.6. The zero-order valence-corrected chi connectivity index (χ0v) is 24.5. The summed E-state index contributed by atoms with van der Waals surface area (Å²) in [6, 6.07) is 9.10. The lowest BCUT2D eigenvalue weighted by atomic mass is 9.78. The fraction of sp³-hybridized carbons (Fsp3) is 0.618. The molecule has 0 spiro atoms. The first kappa shape index (κ1) is 31.9. The van der Waals surface area contributed by atoms with Crippen molar-refractivity contribution in [3.05, 3.63) is 53.6 Å². The second-order valence-electron chi connectivity index (χ2n) is 11.2. The fourth-order valence-electron chi connectivity index (χ4n) is 5.51. The predicted octanol–water partition coefficient (Wildman–Crippen LogP) is 10.1. The molecule has 0 amide bonds. The van der Waals surface area contributed by atoms with Crippen LogP contribution in [0.3, 0.4) is 0 Å². The Morgan fingerprint density at radius 2 is 1.25 bits per heavy atom. The molecule has 2 aromatic carbocycles. The van der Waals surface area contributed by atoms with Crippen LogP contribution in [0, 0.1) is 23.5 Å². The Balaban J connectivity index is 1.36. The highest BCUT2D eigenvalue weighted by Gasteiger charge is 2.22. The summed E-state index contributed by atoms with van der Waals surface area (Å²) in [5.74, 6) is -0.921. The number of benzene rings is 2. The van der Waals surface area contributed by atoms with Gasteiger partial charge >= 0.3 is 5.97 Å². The summed E-state index contributed by atoms with van der Waals surface area (Å²) in [5, 5.41) is 0. The van der Waals surface area contributed by atoms with Crippen molar-refractivity contribution in [1.29, 1.82) is 0 Å². The van der Waals surface area contributed by atoms with Gasteiger partial charge in [0.1, 0.15) is 11.5 Å². The SMILES string of the molecule is CCCCCCCOc1ccc(C(=O)Oc2ccc(OCCC[C@H]3CC[C@H](CCCCC)CC3)cc2)c(F)c1F. The van der Waals surface area contributed by atoms with E-state index < -0.39 is 23.2 Å². The Hall–Kier alpha value is -2.63. The Morgan fingerprint density at radius 1 is 0.675 bits per heavy atom. The van der Waals surface area contributed by atoms with Gasteiger partial charge in [0.05, 0.1) is 18.8 Å². The highest BCUT2D eigenvalue weighted by Crippen LogP contribution is 2.34. The Kier molecular flexibility index (Phi) is 14.3. The topological polar surface area (TPSA) is 44.8 Å². The van der Waals surface area contributed by atoms with Crippen molar-refractivity contribution in [2.75, 3.05) is 13.2 Å². The first-order chi connectivity index (χ1) is 19.5. The lowest BCUT2D eigenvalue weighted by Gasteiger charge is -2.28. The summed E-state index contributed by atoms with van der Waals surface area (Å²) in [6.07, 6.45) is 18.2. The van der Waals surface area contributed by atoms with Crippen molar-refractivity contribution in [3.63, 3.8) is 0 Å². The van der Waals surface area contributed by atoms with E-state index in [1.165, 1.54) is 69.9 Å². The number of hydrogen-bond donors (Lipinski definition) is 0. The largest absolute Gasteiger partial charge is 0.494 e. The third kappa shape index (κ3) is 10.7. The molecule has 0 unspecified atom stereocenters.